The number of hydrogen-bond donors (Lipinski definition) is 1. The Hall–Kier alpha value is -1.43. The van der Waals surface area contributed by atoms with Crippen molar-refractivity contribution < 1.29 is 5.11 Å². The normalized spacial score (nSPS) is 16.6. The van der Waals surface area contributed by atoms with E-state index in [0.717, 1.165) is 37.4 Å². The summed E-state index contributed by atoms with van der Waals surface area (Å²) in [5.74, 6) is 0.774. The Morgan fingerprint density at radius 3 is 2.41 bits per heavy atom. The van der Waals surface area contributed by atoms with Crippen LogP contribution in [0.2, 0.25) is 10.2 Å². The summed E-state index contributed by atoms with van der Waals surface area (Å²) < 4.78 is 0. The number of rotatable bonds is 5. The van der Waals surface area contributed by atoms with Crippen molar-refractivity contribution in [3.05, 3.63) is 33.8 Å². The van der Waals surface area contributed by atoms with Gasteiger partial charge in [0.25, 0.3) is 0 Å². The van der Waals surface area contributed by atoms with Gasteiger partial charge in [0.2, 0.25) is 0 Å². The lowest BCUT2D eigenvalue weighted by Gasteiger charge is -2.41. The van der Waals surface area contributed by atoms with Crippen molar-refractivity contribution in [1.29, 1.82) is 0 Å². The van der Waals surface area contributed by atoms with Gasteiger partial charge >= 0.3 is 0 Å². The zero-order valence-corrected chi connectivity index (χ0v) is 17.6. The smallest absolute Gasteiger partial charge is 0.153 e. The van der Waals surface area contributed by atoms with Crippen LogP contribution in [0.25, 0.3) is 11.3 Å². The summed E-state index contributed by atoms with van der Waals surface area (Å²) in [5.41, 5.74) is 3.07. The molecule has 146 valence electrons. The number of aliphatic hydroxyl groups is 1. The standard InChI is InChI=1S/C20H26Cl2N4O/c1-4-20(5-2)7-10-26(11-8-20)19-15(12-27)25-17(13(3)24-19)14-6-9-23-18(22)16(14)21/h6,9,27H,4-5,7-8,10-12H2,1-3H3. The topological polar surface area (TPSA) is 62.1 Å². The number of aromatic nitrogens is 3. The summed E-state index contributed by atoms with van der Waals surface area (Å²) in [7, 11) is 0. The van der Waals surface area contributed by atoms with Gasteiger partial charge in [0.15, 0.2) is 5.82 Å². The third kappa shape index (κ3) is 3.91. The van der Waals surface area contributed by atoms with Crippen molar-refractivity contribution in [2.75, 3.05) is 18.0 Å². The Balaban J connectivity index is 1.95. The first-order valence-corrected chi connectivity index (χ1v) is 10.2. The van der Waals surface area contributed by atoms with E-state index in [-0.39, 0.29) is 11.8 Å². The van der Waals surface area contributed by atoms with Crippen molar-refractivity contribution >= 4 is 29.0 Å². The van der Waals surface area contributed by atoms with Crippen LogP contribution in [0.15, 0.2) is 12.3 Å². The van der Waals surface area contributed by atoms with Crippen molar-refractivity contribution in [3.8, 4) is 11.3 Å². The van der Waals surface area contributed by atoms with Gasteiger partial charge in [0, 0.05) is 24.8 Å². The van der Waals surface area contributed by atoms with Crippen LogP contribution in [-0.2, 0) is 6.61 Å². The summed E-state index contributed by atoms with van der Waals surface area (Å²) in [6, 6.07) is 1.77. The molecule has 1 fully saturated rings. The molecule has 0 bridgehead atoms. The van der Waals surface area contributed by atoms with Crippen LogP contribution >= 0.6 is 23.2 Å². The molecule has 0 radical (unpaired) electrons. The van der Waals surface area contributed by atoms with Crippen LogP contribution < -0.4 is 4.90 Å². The molecule has 1 N–H and O–H groups in total. The van der Waals surface area contributed by atoms with Crippen LogP contribution in [0.5, 0.6) is 0 Å². The fourth-order valence-electron chi connectivity index (χ4n) is 3.91. The molecule has 5 nitrogen and oxygen atoms in total. The Kier molecular flexibility index (Phi) is 6.24. The molecule has 0 amide bonds. The summed E-state index contributed by atoms with van der Waals surface area (Å²) in [5, 5.41) is 10.5. The van der Waals surface area contributed by atoms with Crippen LogP contribution in [-0.4, -0.2) is 33.1 Å². The average molecular weight is 409 g/mol. The van der Waals surface area contributed by atoms with E-state index < -0.39 is 0 Å². The Bertz CT molecular complexity index is 814. The van der Waals surface area contributed by atoms with Crippen molar-refractivity contribution in [2.24, 2.45) is 5.41 Å². The quantitative estimate of drug-likeness (QED) is 0.700. The molecule has 0 aromatic carbocycles. The van der Waals surface area contributed by atoms with E-state index >= 15 is 0 Å². The van der Waals surface area contributed by atoms with Gasteiger partial charge in [0.05, 0.1) is 23.0 Å². The highest BCUT2D eigenvalue weighted by Gasteiger charge is 2.32. The third-order valence-electron chi connectivity index (χ3n) is 6.00. The molecule has 0 spiro atoms. The highest BCUT2D eigenvalue weighted by Crippen LogP contribution is 2.40. The minimum absolute atomic E-state index is 0.171. The number of hydrogen-bond acceptors (Lipinski definition) is 5. The molecule has 1 saturated heterocycles. The van der Waals surface area contributed by atoms with Crippen molar-refractivity contribution in [2.45, 2.75) is 53.1 Å². The number of nitrogens with zero attached hydrogens (tertiary/aromatic N) is 4. The van der Waals surface area contributed by atoms with Gasteiger partial charge in [0.1, 0.15) is 10.8 Å². The molecular formula is C20H26Cl2N4O. The molecule has 3 heterocycles. The molecule has 2 aromatic rings. The molecule has 0 saturated carbocycles. The lowest BCUT2D eigenvalue weighted by atomic mass is 9.74. The largest absolute Gasteiger partial charge is 0.390 e. The zero-order valence-electron chi connectivity index (χ0n) is 16.1. The second kappa shape index (κ2) is 8.29. The molecule has 2 aromatic heterocycles. The lowest BCUT2D eigenvalue weighted by Crippen LogP contribution is -2.40. The minimum Gasteiger partial charge on any atom is -0.390 e. The van der Waals surface area contributed by atoms with Gasteiger partial charge in [-0.15, -0.1) is 0 Å². The number of aliphatic hydroxyl groups excluding tert-OH is 1. The van der Waals surface area contributed by atoms with Crippen LogP contribution in [0, 0.1) is 12.3 Å². The van der Waals surface area contributed by atoms with E-state index in [2.05, 4.69) is 28.7 Å². The van der Waals surface area contributed by atoms with Crippen molar-refractivity contribution in [1.82, 2.24) is 15.0 Å². The number of aryl methyl sites for hydroxylation is 1. The molecule has 1 aliphatic rings. The Morgan fingerprint density at radius 2 is 1.81 bits per heavy atom. The van der Waals surface area contributed by atoms with Crippen LogP contribution in [0.4, 0.5) is 5.82 Å². The van der Waals surface area contributed by atoms with Crippen LogP contribution in [0.1, 0.15) is 50.9 Å². The molecule has 3 rings (SSSR count). The molecule has 0 atom stereocenters. The van der Waals surface area contributed by atoms with E-state index in [1.165, 1.54) is 12.8 Å². The molecule has 7 heteroatoms. The van der Waals surface area contributed by atoms with Gasteiger partial charge in [-0.2, -0.15) is 0 Å². The van der Waals surface area contributed by atoms with Crippen LogP contribution in [0.3, 0.4) is 0 Å². The highest BCUT2D eigenvalue weighted by atomic mass is 35.5. The second-order valence-electron chi connectivity index (χ2n) is 7.24. The number of piperidine rings is 1. The summed E-state index contributed by atoms with van der Waals surface area (Å²) in [6.45, 7) is 8.16. The molecule has 27 heavy (non-hydrogen) atoms. The maximum absolute atomic E-state index is 9.93. The number of anilines is 1. The molecule has 1 aliphatic heterocycles. The molecule has 0 aliphatic carbocycles. The fraction of sp³-hybridized carbons (Fsp3) is 0.550. The molecular weight excluding hydrogens is 383 g/mol. The van der Waals surface area contributed by atoms with Gasteiger partial charge in [-0.1, -0.05) is 49.9 Å². The predicted octanol–water partition coefficient (Wildman–Crippen LogP) is 5.05. The SMILES string of the molecule is CCC1(CC)CCN(c2nc(C)c(-c3ccnc(Cl)c3Cl)nc2CO)CC1. The zero-order chi connectivity index (χ0) is 19.6. The summed E-state index contributed by atoms with van der Waals surface area (Å²) in [6.07, 6.45) is 6.28. The van der Waals surface area contributed by atoms with Gasteiger partial charge in [-0.05, 0) is 31.2 Å². The monoisotopic (exact) mass is 408 g/mol. The fourth-order valence-corrected chi connectivity index (χ4v) is 4.27. The van der Waals surface area contributed by atoms with Gasteiger partial charge < -0.3 is 10.0 Å². The lowest BCUT2D eigenvalue weighted by molar-refractivity contribution is 0.198. The van der Waals surface area contributed by atoms with E-state index in [4.69, 9.17) is 28.2 Å². The first kappa shape index (κ1) is 20.3. The molecule has 0 unspecified atom stereocenters. The first-order valence-electron chi connectivity index (χ1n) is 9.48. The highest BCUT2D eigenvalue weighted by molar-refractivity contribution is 6.42. The van der Waals surface area contributed by atoms with E-state index in [1.54, 1.807) is 12.3 Å². The third-order valence-corrected chi connectivity index (χ3v) is 6.76. The number of halogens is 2. The Morgan fingerprint density at radius 1 is 1.15 bits per heavy atom. The van der Waals surface area contributed by atoms with Crippen molar-refractivity contribution in [3.63, 3.8) is 0 Å². The average Bonchev–Trinajstić information content (AvgIpc) is 2.70. The van der Waals surface area contributed by atoms with E-state index in [1.807, 2.05) is 6.92 Å². The number of pyridine rings is 1. The second-order valence-corrected chi connectivity index (χ2v) is 7.98. The minimum atomic E-state index is -0.171. The van der Waals surface area contributed by atoms with E-state index in [0.29, 0.717) is 27.4 Å². The maximum atomic E-state index is 9.93. The first-order chi connectivity index (χ1) is 12.9. The predicted molar refractivity (Wildman–Crippen MR) is 110 cm³/mol. The summed E-state index contributed by atoms with van der Waals surface area (Å²) >= 11 is 12.4. The van der Waals surface area contributed by atoms with E-state index in [9.17, 15) is 5.11 Å². The van der Waals surface area contributed by atoms with Gasteiger partial charge in [-0.3, -0.25) is 0 Å². The summed E-state index contributed by atoms with van der Waals surface area (Å²) in [4.78, 5) is 15.7. The maximum Gasteiger partial charge on any atom is 0.153 e. The Labute approximate surface area is 170 Å². The van der Waals surface area contributed by atoms with Gasteiger partial charge in [-0.25, -0.2) is 15.0 Å².